The van der Waals surface area contributed by atoms with E-state index in [4.69, 9.17) is 0 Å². The van der Waals surface area contributed by atoms with Gasteiger partial charge in [0.15, 0.2) is 0 Å². The zero-order valence-corrected chi connectivity index (χ0v) is 24.7. The highest BCUT2D eigenvalue weighted by molar-refractivity contribution is 6.29. The maximum Gasteiger partial charge on any atom is 0.258 e. The fourth-order valence-electron chi connectivity index (χ4n) is 5.33. The second kappa shape index (κ2) is 11.9. The third kappa shape index (κ3) is 5.74. The third-order valence-corrected chi connectivity index (χ3v) is 7.65. The molecule has 10 nitrogen and oxygen atoms in total. The maximum atomic E-state index is 12.9. The average molecular weight is 611 g/mol. The number of benzene rings is 4. The molecular formula is C36H26N4O6. The molecule has 0 aliphatic carbocycles. The van der Waals surface area contributed by atoms with Crippen molar-refractivity contribution in [1.29, 1.82) is 0 Å². The molecule has 0 saturated heterocycles. The highest BCUT2D eigenvalue weighted by Gasteiger charge is 2.26. The van der Waals surface area contributed by atoms with Crippen molar-refractivity contribution < 1.29 is 28.8 Å². The van der Waals surface area contributed by atoms with E-state index < -0.39 is 23.6 Å². The van der Waals surface area contributed by atoms with Crippen molar-refractivity contribution in [3.05, 3.63) is 131 Å². The molecule has 6 amide bonds. The van der Waals surface area contributed by atoms with E-state index in [1.807, 2.05) is 38.1 Å². The molecule has 4 aromatic carbocycles. The minimum atomic E-state index is -0.426. The van der Waals surface area contributed by atoms with Crippen LogP contribution in [0.3, 0.4) is 0 Å². The number of aryl methyl sites for hydroxylation is 2. The van der Waals surface area contributed by atoms with Crippen LogP contribution < -0.4 is 20.4 Å². The van der Waals surface area contributed by atoms with Gasteiger partial charge >= 0.3 is 0 Å². The molecule has 0 radical (unpaired) electrons. The molecule has 10 heteroatoms. The predicted octanol–water partition coefficient (Wildman–Crippen LogP) is 5.33. The van der Waals surface area contributed by atoms with Crippen LogP contribution in [0.4, 0.5) is 22.7 Å². The van der Waals surface area contributed by atoms with Gasteiger partial charge in [0.2, 0.25) is 0 Å². The molecule has 6 rings (SSSR count). The molecule has 0 atom stereocenters. The van der Waals surface area contributed by atoms with E-state index in [2.05, 4.69) is 10.6 Å². The minimum absolute atomic E-state index is 0.336. The molecular weight excluding hydrogens is 584 g/mol. The second-order valence-electron chi connectivity index (χ2n) is 10.8. The number of rotatable bonds is 7. The Morgan fingerprint density at radius 3 is 1.11 bits per heavy atom. The van der Waals surface area contributed by atoms with Crippen LogP contribution in [0.2, 0.25) is 0 Å². The van der Waals surface area contributed by atoms with Crippen molar-refractivity contribution in [2.45, 2.75) is 13.8 Å². The van der Waals surface area contributed by atoms with Gasteiger partial charge in [-0.2, -0.15) is 0 Å². The van der Waals surface area contributed by atoms with Gasteiger partial charge in [0.1, 0.15) is 0 Å². The summed E-state index contributed by atoms with van der Waals surface area (Å²) in [5.41, 5.74) is 6.50. The molecule has 2 heterocycles. The molecule has 4 aromatic rings. The number of hydrogen-bond acceptors (Lipinski definition) is 6. The molecule has 2 N–H and O–H groups in total. The molecule has 0 fully saturated rings. The summed E-state index contributed by atoms with van der Waals surface area (Å²) in [6.45, 7) is 3.88. The van der Waals surface area contributed by atoms with Crippen LogP contribution >= 0.6 is 0 Å². The lowest BCUT2D eigenvalue weighted by atomic mass is 9.95. The minimum Gasteiger partial charge on any atom is -0.322 e. The Morgan fingerprint density at radius 1 is 0.478 bits per heavy atom. The zero-order valence-electron chi connectivity index (χ0n) is 24.7. The van der Waals surface area contributed by atoms with Gasteiger partial charge in [-0.1, -0.05) is 12.1 Å². The van der Waals surface area contributed by atoms with Gasteiger partial charge < -0.3 is 10.6 Å². The number of hydrogen-bond donors (Lipinski definition) is 2. The molecule has 0 saturated carbocycles. The first-order valence-corrected chi connectivity index (χ1v) is 14.3. The van der Waals surface area contributed by atoms with Crippen molar-refractivity contribution in [2.75, 3.05) is 20.4 Å². The molecule has 46 heavy (non-hydrogen) atoms. The van der Waals surface area contributed by atoms with E-state index in [9.17, 15) is 28.8 Å². The first kappa shape index (κ1) is 29.6. The summed E-state index contributed by atoms with van der Waals surface area (Å²) in [5, 5.41) is 5.77. The van der Waals surface area contributed by atoms with Crippen LogP contribution in [0.5, 0.6) is 0 Å². The topological polar surface area (TPSA) is 133 Å². The van der Waals surface area contributed by atoms with Crippen LogP contribution in [0.1, 0.15) is 31.8 Å². The first-order chi connectivity index (χ1) is 22.1. The van der Waals surface area contributed by atoms with E-state index in [-0.39, 0.29) is 11.8 Å². The lowest BCUT2D eigenvalue weighted by Crippen LogP contribution is -2.29. The monoisotopic (exact) mass is 610 g/mol. The standard InChI is InChI=1S/C36H26N4O6/c1-21-19-25(37-35(45)23-3-9-27(10-4-23)39-31(41)15-16-32(39)42)7-13-29(21)30-14-8-26(20-22(30)2)38-36(46)24-5-11-28(12-6-24)40-33(43)17-18-34(40)44/h3-20H,1-2H3,(H,37,45)(H,38,46). The van der Waals surface area contributed by atoms with E-state index in [1.165, 1.54) is 24.3 Å². The summed E-state index contributed by atoms with van der Waals surface area (Å²) >= 11 is 0. The van der Waals surface area contributed by atoms with Crippen molar-refractivity contribution >= 4 is 58.2 Å². The average Bonchev–Trinajstić information content (AvgIpc) is 3.56. The van der Waals surface area contributed by atoms with E-state index in [0.29, 0.717) is 33.9 Å². The van der Waals surface area contributed by atoms with Crippen molar-refractivity contribution in [2.24, 2.45) is 0 Å². The molecule has 226 valence electrons. The normalized spacial score (nSPS) is 14.0. The Hall–Kier alpha value is -6.42. The van der Waals surface area contributed by atoms with Crippen LogP contribution in [0.25, 0.3) is 11.1 Å². The first-order valence-electron chi connectivity index (χ1n) is 14.3. The Balaban J connectivity index is 1.10. The summed E-state index contributed by atoms with van der Waals surface area (Å²) < 4.78 is 0. The highest BCUT2D eigenvalue weighted by atomic mass is 16.2. The van der Waals surface area contributed by atoms with E-state index >= 15 is 0 Å². The summed E-state index contributed by atoms with van der Waals surface area (Å²) in [6.07, 6.45) is 4.82. The predicted molar refractivity (Wildman–Crippen MR) is 173 cm³/mol. The van der Waals surface area contributed by atoms with E-state index in [1.54, 1.807) is 60.7 Å². The Kier molecular flexibility index (Phi) is 7.69. The quantitative estimate of drug-likeness (QED) is 0.272. The number of carbonyl (C=O) groups excluding carboxylic acids is 6. The number of imide groups is 2. The number of carbonyl (C=O) groups is 6. The molecule has 0 bridgehead atoms. The maximum absolute atomic E-state index is 12.9. The Bertz CT molecular complexity index is 1840. The fraction of sp³-hybridized carbons (Fsp3) is 0.0556. The van der Waals surface area contributed by atoms with Gasteiger partial charge in [-0.05, 0) is 109 Å². The number of anilines is 4. The highest BCUT2D eigenvalue weighted by Crippen LogP contribution is 2.31. The Labute approximate surface area is 263 Å². The van der Waals surface area contributed by atoms with Crippen LogP contribution in [0, 0.1) is 13.8 Å². The summed E-state index contributed by atoms with van der Waals surface area (Å²) in [6, 6.07) is 23.6. The lowest BCUT2D eigenvalue weighted by molar-refractivity contribution is -0.121. The number of amides is 6. The smallest absolute Gasteiger partial charge is 0.258 e. The lowest BCUT2D eigenvalue weighted by Gasteiger charge is -2.15. The zero-order chi connectivity index (χ0) is 32.5. The van der Waals surface area contributed by atoms with Gasteiger partial charge in [-0.15, -0.1) is 0 Å². The molecule has 0 aromatic heterocycles. The van der Waals surface area contributed by atoms with Crippen LogP contribution in [-0.4, -0.2) is 35.4 Å². The van der Waals surface area contributed by atoms with Gasteiger partial charge in [0.25, 0.3) is 35.4 Å². The molecule has 2 aliphatic rings. The summed E-state index contributed by atoms with van der Waals surface area (Å²) in [4.78, 5) is 75.5. The molecule has 2 aliphatic heterocycles. The van der Waals surface area contributed by atoms with Crippen molar-refractivity contribution in [1.82, 2.24) is 0 Å². The number of nitrogens with zero attached hydrogens (tertiary/aromatic N) is 2. The fourth-order valence-corrected chi connectivity index (χ4v) is 5.33. The molecule has 0 spiro atoms. The van der Waals surface area contributed by atoms with Crippen LogP contribution in [-0.2, 0) is 19.2 Å². The summed E-state index contributed by atoms with van der Waals surface area (Å²) in [5.74, 6) is -2.38. The third-order valence-electron chi connectivity index (χ3n) is 7.65. The van der Waals surface area contributed by atoms with Crippen molar-refractivity contribution in [3.8, 4) is 11.1 Å². The van der Waals surface area contributed by atoms with Gasteiger partial charge in [0, 0.05) is 46.8 Å². The SMILES string of the molecule is Cc1cc(NC(=O)c2ccc(N3C(=O)C=CC3=O)cc2)ccc1-c1ccc(NC(=O)c2ccc(N3C(=O)C=CC3=O)cc2)cc1C. The molecule has 0 unspecified atom stereocenters. The number of nitrogens with one attached hydrogen (secondary N) is 2. The largest absolute Gasteiger partial charge is 0.322 e. The van der Waals surface area contributed by atoms with Crippen LogP contribution in [0.15, 0.2) is 109 Å². The van der Waals surface area contributed by atoms with Gasteiger partial charge in [0.05, 0.1) is 11.4 Å². The Morgan fingerprint density at radius 2 is 0.804 bits per heavy atom. The van der Waals surface area contributed by atoms with Gasteiger partial charge in [-0.25, -0.2) is 9.80 Å². The van der Waals surface area contributed by atoms with E-state index in [0.717, 1.165) is 32.1 Å². The summed E-state index contributed by atoms with van der Waals surface area (Å²) in [7, 11) is 0. The van der Waals surface area contributed by atoms with Gasteiger partial charge in [-0.3, -0.25) is 28.8 Å². The second-order valence-corrected chi connectivity index (χ2v) is 10.8. The van der Waals surface area contributed by atoms with Crippen molar-refractivity contribution in [3.63, 3.8) is 0 Å².